The van der Waals surface area contributed by atoms with E-state index in [0.29, 0.717) is 16.8 Å². The minimum Gasteiger partial charge on any atom is -0.385 e. The molecule has 0 spiro atoms. The molecule has 136 valence electrons. The summed E-state index contributed by atoms with van der Waals surface area (Å²) in [5, 5.41) is 17.3. The van der Waals surface area contributed by atoms with Gasteiger partial charge in [-0.3, -0.25) is 14.9 Å². The molecule has 0 saturated heterocycles. The summed E-state index contributed by atoms with van der Waals surface area (Å²) in [6, 6.07) is 12.1. The second-order valence-electron chi connectivity index (χ2n) is 6.77. The lowest BCUT2D eigenvalue weighted by molar-refractivity contribution is -0.385. The van der Waals surface area contributed by atoms with Gasteiger partial charge in [0.2, 0.25) is 0 Å². The molecule has 1 amide bonds. The summed E-state index contributed by atoms with van der Waals surface area (Å²) in [6.45, 7) is 2.57. The third kappa shape index (κ3) is 4.20. The van der Waals surface area contributed by atoms with Crippen LogP contribution in [-0.4, -0.2) is 17.4 Å². The van der Waals surface area contributed by atoms with Crippen LogP contribution in [0, 0.1) is 23.0 Å². The summed E-state index contributed by atoms with van der Waals surface area (Å²) in [6.07, 6.45) is 5.25. The Morgan fingerprint density at radius 2 is 1.77 bits per heavy atom. The van der Waals surface area contributed by atoms with E-state index in [4.69, 9.17) is 0 Å². The molecule has 0 aliphatic heterocycles. The Bertz CT molecular complexity index is 796. The maximum Gasteiger partial charge on any atom is 0.273 e. The van der Waals surface area contributed by atoms with Crippen molar-refractivity contribution in [3.8, 4) is 0 Å². The molecule has 1 aliphatic carbocycles. The number of rotatable bonds is 6. The van der Waals surface area contributed by atoms with Crippen molar-refractivity contribution in [1.82, 2.24) is 0 Å². The van der Waals surface area contributed by atoms with Gasteiger partial charge in [-0.25, -0.2) is 0 Å². The maximum absolute atomic E-state index is 12.4. The van der Waals surface area contributed by atoms with Gasteiger partial charge in [-0.05, 0) is 56.0 Å². The molecule has 0 heterocycles. The first-order valence-electron chi connectivity index (χ1n) is 8.94. The lowest BCUT2D eigenvalue weighted by Gasteiger charge is -2.13. The number of amides is 1. The molecule has 1 aliphatic rings. The number of carbonyl (C=O) groups is 1. The number of carbonyl (C=O) groups excluding carboxylic acids is 1. The number of nitro groups is 1. The molecule has 1 saturated carbocycles. The van der Waals surface area contributed by atoms with Gasteiger partial charge >= 0.3 is 0 Å². The third-order valence-electron chi connectivity index (χ3n) is 4.96. The first kappa shape index (κ1) is 17.9. The standard InChI is InChI=1S/C20H23N3O3/c1-14-18(7-4-8-19(14)23(25)26)20(24)22-17-11-9-16(10-12-17)21-13-15-5-2-3-6-15/h4,7-12,15,21H,2-3,5-6,13H2,1H3,(H,22,24). The van der Waals surface area contributed by atoms with Gasteiger partial charge in [-0.1, -0.05) is 18.9 Å². The van der Waals surface area contributed by atoms with Gasteiger partial charge in [-0.2, -0.15) is 0 Å². The first-order valence-corrected chi connectivity index (χ1v) is 8.94. The second-order valence-corrected chi connectivity index (χ2v) is 6.77. The third-order valence-corrected chi connectivity index (χ3v) is 4.96. The highest BCUT2D eigenvalue weighted by Gasteiger charge is 2.18. The minimum atomic E-state index is -0.475. The summed E-state index contributed by atoms with van der Waals surface area (Å²) in [7, 11) is 0. The molecule has 3 rings (SSSR count). The van der Waals surface area contributed by atoms with Gasteiger partial charge in [0.25, 0.3) is 11.6 Å². The monoisotopic (exact) mass is 353 g/mol. The number of hydrogen-bond donors (Lipinski definition) is 2. The van der Waals surface area contributed by atoms with Crippen molar-refractivity contribution in [3.63, 3.8) is 0 Å². The molecule has 0 radical (unpaired) electrons. The maximum atomic E-state index is 12.4. The lowest BCUT2D eigenvalue weighted by Crippen LogP contribution is -2.14. The molecule has 1 fully saturated rings. The molecule has 2 N–H and O–H groups in total. The van der Waals surface area contributed by atoms with Gasteiger partial charge in [0.15, 0.2) is 0 Å². The van der Waals surface area contributed by atoms with Gasteiger partial charge in [0.05, 0.1) is 4.92 Å². The van der Waals surface area contributed by atoms with Crippen LogP contribution in [0.3, 0.4) is 0 Å². The Kier molecular flexibility index (Phi) is 5.51. The fourth-order valence-electron chi connectivity index (χ4n) is 3.41. The number of benzene rings is 2. The Morgan fingerprint density at radius 1 is 1.12 bits per heavy atom. The molecule has 0 aromatic heterocycles. The van der Waals surface area contributed by atoms with Crippen LogP contribution in [0.1, 0.15) is 41.6 Å². The van der Waals surface area contributed by atoms with Gasteiger partial charge in [0, 0.05) is 35.1 Å². The largest absolute Gasteiger partial charge is 0.385 e. The summed E-state index contributed by atoms with van der Waals surface area (Å²) in [5.41, 5.74) is 2.31. The average molecular weight is 353 g/mol. The number of nitrogens with zero attached hydrogens (tertiary/aromatic N) is 1. The van der Waals surface area contributed by atoms with Crippen molar-refractivity contribution in [2.75, 3.05) is 17.2 Å². The van der Waals surface area contributed by atoms with Crippen molar-refractivity contribution in [2.45, 2.75) is 32.6 Å². The summed E-state index contributed by atoms with van der Waals surface area (Å²) in [4.78, 5) is 23.0. The zero-order valence-electron chi connectivity index (χ0n) is 14.8. The summed E-state index contributed by atoms with van der Waals surface area (Å²) in [5.74, 6) is 0.407. The van der Waals surface area contributed by atoms with E-state index in [1.165, 1.54) is 37.8 Å². The quantitative estimate of drug-likeness (QED) is 0.579. The molecule has 6 nitrogen and oxygen atoms in total. The number of nitrogens with one attached hydrogen (secondary N) is 2. The molecule has 2 aromatic carbocycles. The van der Waals surface area contributed by atoms with Crippen LogP contribution in [-0.2, 0) is 0 Å². The normalized spacial score (nSPS) is 14.2. The van der Waals surface area contributed by atoms with E-state index in [0.717, 1.165) is 18.2 Å². The van der Waals surface area contributed by atoms with Crippen molar-refractivity contribution in [1.29, 1.82) is 0 Å². The molecule has 26 heavy (non-hydrogen) atoms. The van der Waals surface area contributed by atoms with E-state index in [9.17, 15) is 14.9 Å². The van der Waals surface area contributed by atoms with E-state index < -0.39 is 4.92 Å². The predicted molar refractivity (Wildman–Crippen MR) is 103 cm³/mol. The van der Waals surface area contributed by atoms with Crippen LogP contribution >= 0.6 is 0 Å². The van der Waals surface area contributed by atoms with E-state index in [1.54, 1.807) is 13.0 Å². The van der Waals surface area contributed by atoms with Crippen LogP contribution in [0.15, 0.2) is 42.5 Å². The molecule has 0 bridgehead atoms. The lowest BCUT2D eigenvalue weighted by atomic mass is 10.1. The Balaban J connectivity index is 1.62. The van der Waals surface area contributed by atoms with Gasteiger partial charge < -0.3 is 10.6 Å². The average Bonchev–Trinajstić information content (AvgIpc) is 3.14. The molecular formula is C20H23N3O3. The fourth-order valence-corrected chi connectivity index (χ4v) is 3.41. The molecule has 6 heteroatoms. The zero-order valence-corrected chi connectivity index (χ0v) is 14.8. The Morgan fingerprint density at radius 3 is 2.42 bits per heavy atom. The zero-order chi connectivity index (χ0) is 18.5. The minimum absolute atomic E-state index is 0.0517. The van der Waals surface area contributed by atoms with Crippen molar-refractivity contribution in [2.24, 2.45) is 5.92 Å². The van der Waals surface area contributed by atoms with Gasteiger partial charge in [0.1, 0.15) is 0 Å². The summed E-state index contributed by atoms with van der Waals surface area (Å²) >= 11 is 0. The first-order chi connectivity index (χ1) is 12.5. The fraction of sp³-hybridized carbons (Fsp3) is 0.350. The molecule has 0 atom stereocenters. The topological polar surface area (TPSA) is 84.3 Å². The van der Waals surface area contributed by atoms with Crippen LogP contribution < -0.4 is 10.6 Å². The van der Waals surface area contributed by atoms with Gasteiger partial charge in [-0.15, -0.1) is 0 Å². The highest BCUT2D eigenvalue weighted by molar-refractivity contribution is 6.05. The second kappa shape index (κ2) is 7.99. The number of hydrogen-bond acceptors (Lipinski definition) is 4. The summed E-state index contributed by atoms with van der Waals surface area (Å²) < 4.78 is 0. The van der Waals surface area contributed by atoms with Crippen molar-refractivity contribution < 1.29 is 9.72 Å². The van der Waals surface area contributed by atoms with Crippen LogP contribution in [0.2, 0.25) is 0 Å². The van der Waals surface area contributed by atoms with Crippen molar-refractivity contribution in [3.05, 3.63) is 63.7 Å². The number of nitro benzene ring substituents is 1. The van der Waals surface area contributed by atoms with Crippen molar-refractivity contribution >= 4 is 23.0 Å². The van der Waals surface area contributed by atoms with Crippen LogP contribution in [0.4, 0.5) is 17.1 Å². The Hall–Kier alpha value is -2.89. The van der Waals surface area contributed by atoms with E-state index in [-0.39, 0.29) is 11.6 Å². The SMILES string of the molecule is Cc1c(C(=O)Nc2ccc(NCC3CCCC3)cc2)cccc1[N+](=O)[O-]. The van der Waals surface area contributed by atoms with Crippen LogP contribution in [0.5, 0.6) is 0 Å². The smallest absolute Gasteiger partial charge is 0.273 e. The molecular weight excluding hydrogens is 330 g/mol. The van der Waals surface area contributed by atoms with E-state index in [1.807, 2.05) is 24.3 Å². The Labute approximate surface area is 152 Å². The van der Waals surface area contributed by atoms with Crippen LogP contribution in [0.25, 0.3) is 0 Å². The predicted octanol–water partition coefficient (Wildman–Crippen LogP) is 4.76. The van der Waals surface area contributed by atoms with E-state index in [2.05, 4.69) is 10.6 Å². The highest BCUT2D eigenvalue weighted by atomic mass is 16.6. The molecule has 0 unspecified atom stereocenters. The van der Waals surface area contributed by atoms with E-state index >= 15 is 0 Å². The number of anilines is 2. The highest BCUT2D eigenvalue weighted by Crippen LogP contribution is 2.25. The molecule has 2 aromatic rings.